The van der Waals surface area contributed by atoms with Crippen molar-refractivity contribution in [1.29, 1.82) is 0 Å². The molecule has 2 aromatic rings. The maximum absolute atomic E-state index is 5.71. The zero-order chi connectivity index (χ0) is 17.7. The SMILES string of the molecule is CN=C(NCCCCOCCc1ccccc1)NCc1ccc(C)s1.I. The molecule has 2 N–H and O–H groups in total. The third kappa shape index (κ3) is 9.54. The smallest absolute Gasteiger partial charge is 0.191 e. The van der Waals surface area contributed by atoms with Crippen molar-refractivity contribution in [3.8, 4) is 0 Å². The first-order chi connectivity index (χ1) is 12.3. The van der Waals surface area contributed by atoms with Gasteiger partial charge < -0.3 is 15.4 Å². The highest BCUT2D eigenvalue weighted by molar-refractivity contribution is 14.0. The van der Waals surface area contributed by atoms with E-state index < -0.39 is 0 Å². The number of aliphatic imine (C=N–C) groups is 1. The molecule has 26 heavy (non-hydrogen) atoms. The molecule has 0 atom stereocenters. The van der Waals surface area contributed by atoms with Crippen LogP contribution in [0.1, 0.15) is 28.2 Å². The van der Waals surface area contributed by atoms with E-state index in [1.807, 2.05) is 24.5 Å². The molecule has 0 spiro atoms. The molecule has 1 heterocycles. The fourth-order valence-electron chi connectivity index (χ4n) is 2.44. The van der Waals surface area contributed by atoms with Gasteiger partial charge in [0.2, 0.25) is 0 Å². The number of guanidine groups is 1. The van der Waals surface area contributed by atoms with E-state index in [0.29, 0.717) is 0 Å². The highest BCUT2D eigenvalue weighted by Crippen LogP contribution is 2.14. The van der Waals surface area contributed by atoms with Crippen LogP contribution in [0.4, 0.5) is 0 Å². The molecule has 0 aliphatic heterocycles. The Balaban J connectivity index is 0.00000338. The van der Waals surface area contributed by atoms with E-state index in [-0.39, 0.29) is 24.0 Å². The van der Waals surface area contributed by atoms with E-state index in [9.17, 15) is 0 Å². The Bertz CT molecular complexity index is 631. The molecule has 0 aliphatic carbocycles. The molecule has 2 rings (SSSR count). The number of hydrogen-bond donors (Lipinski definition) is 2. The van der Waals surface area contributed by atoms with Crippen LogP contribution in [-0.2, 0) is 17.7 Å². The second-order valence-electron chi connectivity index (χ2n) is 5.92. The lowest BCUT2D eigenvalue weighted by Gasteiger charge is -2.11. The van der Waals surface area contributed by atoms with E-state index in [0.717, 1.165) is 51.5 Å². The van der Waals surface area contributed by atoms with E-state index in [4.69, 9.17) is 4.74 Å². The minimum Gasteiger partial charge on any atom is -0.381 e. The summed E-state index contributed by atoms with van der Waals surface area (Å²) in [4.78, 5) is 6.92. The largest absolute Gasteiger partial charge is 0.381 e. The zero-order valence-corrected chi connectivity index (χ0v) is 18.8. The first-order valence-corrected chi connectivity index (χ1v) is 9.71. The number of rotatable bonds is 10. The van der Waals surface area contributed by atoms with Crippen LogP contribution < -0.4 is 10.6 Å². The number of ether oxygens (including phenoxy) is 1. The second kappa shape index (κ2) is 14.0. The van der Waals surface area contributed by atoms with Crippen molar-refractivity contribution >= 4 is 41.3 Å². The average molecular weight is 487 g/mol. The molecule has 0 radical (unpaired) electrons. The maximum atomic E-state index is 5.71. The predicted octanol–water partition coefficient (Wildman–Crippen LogP) is 4.38. The molecule has 0 unspecified atom stereocenters. The fourth-order valence-corrected chi connectivity index (χ4v) is 3.27. The molecule has 1 aromatic carbocycles. The van der Waals surface area contributed by atoms with Crippen LogP contribution >= 0.6 is 35.3 Å². The first kappa shape index (κ1) is 22.9. The maximum Gasteiger partial charge on any atom is 0.191 e. The third-order valence-corrected chi connectivity index (χ3v) is 4.84. The van der Waals surface area contributed by atoms with Crippen LogP contribution in [0.25, 0.3) is 0 Å². The minimum atomic E-state index is 0. The van der Waals surface area contributed by atoms with Crippen molar-refractivity contribution in [1.82, 2.24) is 10.6 Å². The summed E-state index contributed by atoms with van der Waals surface area (Å²) in [6.45, 7) is 5.46. The summed E-state index contributed by atoms with van der Waals surface area (Å²) in [7, 11) is 1.81. The van der Waals surface area contributed by atoms with E-state index >= 15 is 0 Å². The molecule has 4 nitrogen and oxygen atoms in total. The van der Waals surface area contributed by atoms with Gasteiger partial charge in [0.15, 0.2) is 5.96 Å². The molecular weight excluding hydrogens is 457 g/mol. The Hall–Kier alpha value is -1.12. The Morgan fingerprint density at radius 1 is 1.04 bits per heavy atom. The Morgan fingerprint density at radius 3 is 2.54 bits per heavy atom. The molecule has 144 valence electrons. The Labute approximate surface area is 178 Å². The van der Waals surface area contributed by atoms with E-state index in [1.165, 1.54) is 15.3 Å². The number of thiophene rings is 1. The van der Waals surface area contributed by atoms with E-state index in [1.54, 1.807) is 0 Å². The van der Waals surface area contributed by atoms with Gasteiger partial charge in [-0.1, -0.05) is 30.3 Å². The standard InChI is InChI=1S/C20H29N3OS.HI/c1-17-10-11-19(25-17)16-23-20(21-2)22-13-6-7-14-24-15-12-18-8-4-3-5-9-18;/h3-5,8-11H,6-7,12-16H2,1-2H3,(H2,21,22,23);1H. The molecule has 1 aromatic heterocycles. The lowest BCUT2D eigenvalue weighted by molar-refractivity contribution is 0.133. The van der Waals surface area contributed by atoms with Gasteiger partial charge in [0.25, 0.3) is 0 Å². The number of nitrogens with zero attached hydrogens (tertiary/aromatic N) is 1. The summed E-state index contributed by atoms with van der Waals surface area (Å²) in [6, 6.07) is 14.8. The van der Waals surface area contributed by atoms with Gasteiger partial charge in [0, 0.05) is 30.0 Å². The van der Waals surface area contributed by atoms with Crippen molar-refractivity contribution in [3.05, 3.63) is 57.8 Å². The minimum absolute atomic E-state index is 0. The summed E-state index contributed by atoms with van der Waals surface area (Å²) < 4.78 is 5.71. The number of halogens is 1. The van der Waals surface area contributed by atoms with Crippen molar-refractivity contribution < 1.29 is 4.74 Å². The van der Waals surface area contributed by atoms with Crippen molar-refractivity contribution in [2.45, 2.75) is 32.7 Å². The van der Waals surface area contributed by atoms with Crippen molar-refractivity contribution in [3.63, 3.8) is 0 Å². The van der Waals surface area contributed by atoms with Crippen LogP contribution in [0.15, 0.2) is 47.5 Å². The predicted molar refractivity (Wildman–Crippen MR) is 123 cm³/mol. The average Bonchev–Trinajstić information content (AvgIpc) is 3.06. The normalized spacial score (nSPS) is 11.1. The summed E-state index contributed by atoms with van der Waals surface area (Å²) in [5.74, 6) is 0.857. The lowest BCUT2D eigenvalue weighted by atomic mass is 10.2. The van der Waals surface area contributed by atoms with Crippen LogP contribution in [0.2, 0.25) is 0 Å². The van der Waals surface area contributed by atoms with Gasteiger partial charge >= 0.3 is 0 Å². The molecule has 0 amide bonds. The first-order valence-electron chi connectivity index (χ1n) is 8.89. The molecule has 6 heteroatoms. The molecule has 0 bridgehead atoms. The van der Waals surface area contributed by atoms with Crippen molar-refractivity contribution in [2.75, 3.05) is 26.8 Å². The lowest BCUT2D eigenvalue weighted by Crippen LogP contribution is -2.37. The number of benzene rings is 1. The number of hydrogen-bond acceptors (Lipinski definition) is 3. The third-order valence-electron chi connectivity index (χ3n) is 3.84. The highest BCUT2D eigenvalue weighted by Gasteiger charge is 2.00. The van der Waals surface area contributed by atoms with Gasteiger partial charge in [0.05, 0.1) is 13.2 Å². The van der Waals surface area contributed by atoms with Gasteiger partial charge in [-0.15, -0.1) is 35.3 Å². The van der Waals surface area contributed by atoms with Gasteiger partial charge in [-0.2, -0.15) is 0 Å². The fraction of sp³-hybridized carbons (Fsp3) is 0.450. The van der Waals surface area contributed by atoms with Gasteiger partial charge in [-0.05, 0) is 43.9 Å². The summed E-state index contributed by atoms with van der Waals surface area (Å²) in [5, 5.41) is 6.70. The van der Waals surface area contributed by atoms with Gasteiger partial charge in [-0.25, -0.2) is 0 Å². The summed E-state index contributed by atoms with van der Waals surface area (Å²) >= 11 is 1.82. The van der Waals surface area contributed by atoms with E-state index in [2.05, 4.69) is 58.9 Å². The number of aryl methyl sites for hydroxylation is 1. The number of nitrogens with one attached hydrogen (secondary N) is 2. The summed E-state index contributed by atoms with van der Waals surface area (Å²) in [6.07, 6.45) is 3.12. The molecule has 0 saturated heterocycles. The molecule has 0 fully saturated rings. The zero-order valence-electron chi connectivity index (χ0n) is 15.7. The molecular formula is C20H30IN3OS. The summed E-state index contributed by atoms with van der Waals surface area (Å²) in [5.41, 5.74) is 1.33. The van der Waals surface area contributed by atoms with Crippen molar-refractivity contribution in [2.24, 2.45) is 4.99 Å². The van der Waals surface area contributed by atoms with Crippen LogP contribution in [0.3, 0.4) is 0 Å². The van der Waals surface area contributed by atoms with Crippen LogP contribution in [0, 0.1) is 6.92 Å². The Kier molecular flexibility index (Phi) is 12.3. The van der Waals surface area contributed by atoms with Gasteiger partial charge in [0.1, 0.15) is 0 Å². The van der Waals surface area contributed by atoms with Crippen LogP contribution in [-0.4, -0.2) is 32.8 Å². The van der Waals surface area contributed by atoms with Gasteiger partial charge in [-0.3, -0.25) is 4.99 Å². The van der Waals surface area contributed by atoms with Crippen LogP contribution in [0.5, 0.6) is 0 Å². The topological polar surface area (TPSA) is 45.7 Å². The molecule has 0 saturated carbocycles. The molecule has 0 aliphatic rings. The second-order valence-corrected chi connectivity index (χ2v) is 7.29. The monoisotopic (exact) mass is 487 g/mol. The Morgan fingerprint density at radius 2 is 1.85 bits per heavy atom. The highest BCUT2D eigenvalue weighted by atomic mass is 127. The quantitative estimate of drug-likeness (QED) is 0.226. The number of unbranched alkanes of at least 4 members (excludes halogenated alkanes) is 1.